The van der Waals surface area contributed by atoms with E-state index >= 15 is 0 Å². The van der Waals surface area contributed by atoms with Crippen molar-refractivity contribution >= 4 is 17.6 Å². The number of nitrogens with one attached hydrogen (secondary N) is 2. The molecule has 0 radical (unpaired) electrons. The third-order valence-electron chi connectivity index (χ3n) is 3.00. The molecule has 1 saturated heterocycles. The molecule has 0 unspecified atom stereocenters. The Morgan fingerprint density at radius 3 is 2.84 bits per heavy atom. The summed E-state index contributed by atoms with van der Waals surface area (Å²) >= 11 is 0. The van der Waals surface area contributed by atoms with Crippen LogP contribution in [0.2, 0.25) is 0 Å². The quantitative estimate of drug-likeness (QED) is 0.787. The average molecular weight is 262 g/mol. The van der Waals surface area contributed by atoms with Crippen LogP contribution in [-0.2, 0) is 9.53 Å². The smallest absolute Gasteiger partial charge is 0.338 e. The van der Waals surface area contributed by atoms with E-state index < -0.39 is 0 Å². The minimum absolute atomic E-state index is 0.0208. The van der Waals surface area contributed by atoms with E-state index in [1.807, 2.05) is 0 Å². The minimum atomic E-state index is -0.373. The third-order valence-corrected chi connectivity index (χ3v) is 3.00. The van der Waals surface area contributed by atoms with Crippen LogP contribution in [0.4, 0.5) is 5.69 Å². The van der Waals surface area contributed by atoms with Crippen LogP contribution in [0.15, 0.2) is 24.3 Å². The van der Waals surface area contributed by atoms with E-state index in [1.165, 1.54) is 0 Å². The number of ether oxygens (including phenoxy) is 1. The van der Waals surface area contributed by atoms with Gasteiger partial charge in [-0.1, -0.05) is 6.07 Å². The molecule has 5 nitrogen and oxygen atoms in total. The maximum Gasteiger partial charge on any atom is 0.338 e. The van der Waals surface area contributed by atoms with E-state index in [0.29, 0.717) is 30.2 Å². The van der Waals surface area contributed by atoms with Gasteiger partial charge in [-0.05, 0) is 44.1 Å². The molecule has 1 aromatic rings. The van der Waals surface area contributed by atoms with Gasteiger partial charge in [0.1, 0.15) is 0 Å². The zero-order valence-electron chi connectivity index (χ0n) is 10.9. The number of hydrogen-bond donors (Lipinski definition) is 2. The normalized spacial score (nSPS) is 14.6. The van der Waals surface area contributed by atoms with Crippen molar-refractivity contribution in [2.45, 2.75) is 13.3 Å². The second-order valence-corrected chi connectivity index (χ2v) is 4.58. The van der Waals surface area contributed by atoms with E-state index in [2.05, 4.69) is 10.6 Å². The Hall–Kier alpha value is -1.88. The first-order valence-corrected chi connectivity index (χ1v) is 6.46. The minimum Gasteiger partial charge on any atom is -0.462 e. The number of benzene rings is 1. The molecule has 0 aliphatic carbocycles. The Labute approximate surface area is 112 Å². The van der Waals surface area contributed by atoms with Gasteiger partial charge in [-0.15, -0.1) is 0 Å². The molecule has 1 heterocycles. The number of carbonyl (C=O) groups excluding carboxylic acids is 2. The molecule has 0 spiro atoms. The third kappa shape index (κ3) is 3.79. The molecular weight excluding hydrogens is 244 g/mol. The number of hydrogen-bond acceptors (Lipinski definition) is 4. The molecule has 5 heteroatoms. The van der Waals surface area contributed by atoms with Crippen LogP contribution in [0.1, 0.15) is 23.7 Å². The molecule has 0 aromatic heterocycles. The topological polar surface area (TPSA) is 67.4 Å². The molecule has 1 aliphatic heterocycles. The van der Waals surface area contributed by atoms with Gasteiger partial charge in [-0.3, -0.25) is 4.79 Å². The first-order valence-electron chi connectivity index (χ1n) is 6.46. The summed E-state index contributed by atoms with van der Waals surface area (Å²) in [6, 6.07) is 6.80. The molecule has 1 fully saturated rings. The van der Waals surface area contributed by atoms with Crippen molar-refractivity contribution in [2.75, 3.05) is 25.0 Å². The molecule has 0 bridgehead atoms. The van der Waals surface area contributed by atoms with E-state index in [0.717, 1.165) is 13.1 Å². The van der Waals surface area contributed by atoms with Crippen molar-refractivity contribution in [3.8, 4) is 0 Å². The number of carbonyl (C=O) groups is 2. The van der Waals surface area contributed by atoms with E-state index in [-0.39, 0.29) is 11.9 Å². The predicted octanol–water partition coefficient (Wildman–Crippen LogP) is 1.41. The van der Waals surface area contributed by atoms with E-state index in [1.54, 1.807) is 31.2 Å². The van der Waals surface area contributed by atoms with Crippen LogP contribution in [0.25, 0.3) is 0 Å². The molecule has 2 N–H and O–H groups in total. The van der Waals surface area contributed by atoms with Crippen molar-refractivity contribution in [1.82, 2.24) is 5.32 Å². The fourth-order valence-electron chi connectivity index (χ4n) is 1.91. The monoisotopic (exact) mass is 262 g/mol. The Morgan fingerprint density at radius 2 is 2.21 bits per heavy atom. The van der Waals surface area contributed by atoms with Crippen LogP contribution in [0.3, 0.4) is 0 Å². The SMILES string of the molecule is CCOC(=O)c1cccc(NC(=O)CC2CNC2)c1. The highest BCUT2D eigenvalue weighted by Gasteiger charge is 2.20. The summed E-state index contributed by atoms with van der Waals surface area (Å²) < 4.78 is 4.92. The highest BCUT2D eigenvalue weighted by molar-refractivity contribution is 5.94. The Balaban J connectivity index is 1.94. The van der Waals surface area contributed by atoms with Crippen LogP contribution >= 0.6 is 0 Å². The van der Waals surface area contributed by atoms with Gasteiger partial charge in [-0.25, -0.2) is 4.79 Å². The van der Waals surface area contributed by atoms with Crippen molar-refractivity contribution in [3.05, 3.63) is 29.8 Å². The van der Waals surface area contributed by atoms with Gasteiger partial charge < -0.3 is 15.4 Å². The molecular formula is C14H18N2O3. The fraction of sp³-hybridized carbons (Fsp3) is 0.429. The Kier molecular flexibility index (Phi) is 4.52. The van der Waals surface area contributed by atoms with Crippen molar-refractivity contribution in [2.24, 2.45) is 5.92 Å². The number of rotatable bonds is 5. The van der Waals surface area contributed by atoms with Crippen LogP contribution < -0.4 is 10.6 Å². The Morgan fingerprint density at radius 1 is 1.42 bits per heavy atom. The number of anilines is 1. The summed E-state index contributed by atoms with van der Waals surface area (Å²) in [5.41, 5.74) is 1.08. The van der Waals surface area contributed by atoms with Gasteiger partial charge in [0.25, 0.3) is 0 Å². The summed E-state index contributed by atoms with van der Waals surface area (Å²) in [5, 5.41) is 5.93. The van der Waals surface area contributed by atoms with Gasteiger partial charge in [0.05, 0.1) is 12.2 Å². The zero-order valence-corrected chi connectivity index (χ0v) is 10.9. The van der Waals surface area contributed by atoms with Crippen molar-refractivity contribution < 1.29 is 14.3 Å². The summed E-state index contributed by atoms with van der Waals surface area (Å²) in [4.78, 5) is 23.3. The lowest BCUT2D eigenvalue weighted by Gasteiger charge is -2.26. The van der Waals surface area contributed by atoms with Gasteiger partial charge >= 0.3 is 5.97 Å². The molecule has 0 atom stereocenters. The maximum absolute atomic E-state index is 11.8. The molecule has 102 valence electrons. The summed E-state index contributed by atoms with van der Waals surface area (Å²) in [6.07, 6.45) is 0.511. The zero-order chi connectivity index (χ0) is 13.7. The first kappa shape index (κ1) is 13.5. The maximum atomic E-state index is 11.8. The largest absolute Gasteiger partial charge is 0.462 e. The highest BCUT2D eigenvalue weighted by Crippen LogP contribution is 2.14. The molecule has 1 amide bonds. The molecule has 2 rings (SSSR count). The first-order chi connectivity index (χ1) is 9.19. The number of esters is 1. The van der Waals surface area contributed by atoms with Crippen LogP contribution in [0.5, 0.6) is 0 Å². The van der Waals surface area contributed by atoms with Gasteiger partial charge in [-0.2, -0.15) is 0 Å². The number of amides is 1. The molecule has 19 heavy (non-hydrogen) atoms. The standard InChI is InChI=1S/C14H18N2O3/c1-2-19-14(18)11-4-3-5-12(7-11)16-13(17)6-10-8-15-9-10/h3-5,7,10,15H,2,6,8-9H2,1H3,(H,16,17). The predicted molar refractivity (Wildman–Crippen MR) is 72.0 cm³/mol. The summed E-state index contributed by atoms with van der Waals surface area (Å²) in [7, 11) is 0. The second kappa shape index (κ2) is 6.33. The fourth-order valence-corrected chi connectivity index (χ4v) is 1.91. The summed E-state index contributed by atoms with van der Waals surface area (Å²) in [5.74, 6) is 0.0301. The van der Waals surface area contributed by atoms with Crippen LogP contribution in [-0.4, -0.2) is 31.6 Å². The lowest BCUT2D eigenvalue weighted by Crippen LogP contribution is -2.43. The molecule has 1 aliphatic rings. The molecule has 0 saturated carbocycles. The summed E-state index contributed by atoms with van der Waals surface area (Å²) in [6.45, 7) is 3.90. The van der Waals surface area contributed by atoms with Crippen molar-refractivity contribution in [3.63, 3.8) is 0 Å². The van der Waals surface area contributed by atoms with Crippen LogP contribution in [0, 0.1) is 5.92 Å². The van der Waals surface area contributed by atoms with Crippen molar-refractivity contribution in [1.29, 1.82) is 0 Å². The Bertz CT molecular complexity index is 470. The van der Waals surface area contributed by atoms with Gasteiger partial charge in [0.15, 0.2) is 0 Å². The molecule has 1 aromatic carbocycles. The van der Waals surface area contributed by atoms with Gasteiger partial charge in [0.2, 0.25) is 5.91 Å². The van der Waals surface area contributed by atoms with Gasteiger partial charge in [0, 0.05) is 12.1 Å². The lowest BCUT2D eigenvalue weighted by molar-refractivity contribution is -0.117. The second-order valence-electron chi connectivity index (χ2n) is 4.58. The lowest BCUT2D eigenvalue weighted by atomic mass is 9.99. The van der Waals surface area contributed by atoms with E-state index in [4.69, 9.17) is 4.74 Å². The van der Waals surface area contributed by atoms with E-state index in [9.17, 15) is 9.59 Å². The highest BCUT2D eigenvalue weighted by atomic mass is 16.5. The average Bonchev–Trinajstić information content (AvgIpc) is 2.34.